The minimum Gasteiger partial charge on any atom is -0.477 e. The van der Waals surface area contributed by atoms with Gasteiger partial charge in [-0.05, 0) is 52.6 Å². The molecule has 2 fully saturated rings. The van der Waals surface area contributed by atoms with Gasteiger partial charge in [-0.15, -0.1) is 5.92 Å². The van der Waals surface area contributed by atoms with Crippen LogP contribution in [0.5, 0.6) is 5.75 Å². The van der Waals surface area contributed by atoms with Crippen LogP contribution in [0.15, 0.2) is 12.1 Å². The van der Waals surface area contributed by atoms with E-state index in [1.54, 1.807) is 19.1 Å². The highest BCUT2D eigenvalue weighted by molar-refractivity contribution is 6.33. The number of nitrogens with zero attached hydrogens (tertiary/aromatic N) is 1. The van der Waals surface area contributed by atoms with Crippen LogP contribution in [-0.4, -0.2) is 42.1 Å². The van der Waals surface area contributed by atoms with E-state index in [0.29, 0.717) is 34.1 Å². The van der Waals surface area contributed by atoms with Crippen molar-refractivity contribution in [3.8, 4) is 17.6 Å². The van der Waals surface area contributed by atoms with E-state index in [1.807, 2.05) is 6.92 Å². The number of hydrogen-bond donors (Lipinski definition) is 2. The van der Waals surface area contributed by atoms with E-state index >= 15 is 0 Å². The first-order chi connectivity index (χ1) is 12.4. The summed E-state index contributed by atoms with van der Waals surface area (Å²) in [6, 6.07) is 4.38. The van der Waals surface area contributed by atoms with Crippen LogP contribution in [0.3, 0.4) is 0 Å². The fourth-order valence-electron chi connectivity index (χ4n) is 4.12. The quantitative estimate of drug-likeness (QED) is 0.627. The van der Waals surface area contributed by atoms with Gasteiger partial charge in [0.2, 0.25) is 0 Å². The standard InChI is InChI=1S/C20H26ClN3O2/c1-4-5-12(2)26-19-11-16(22)15(21)10-14(19)20(25)23-17-8-6-13-7-9-18(17)24(13)3/h10-13,17-18H,6-9,22H2,1-3H3,(H,23,25). The summed E-state index contributed by atoms with van der Waals surface area (Å²) in [6.45, 7) is 3.58. The number of hydrogen-bond acceptors (Lipinski definition) is 4. The normalized spacial score (nSPS) is 25.9. The zero-order valence-electron chi connectivity index (χ0n) is 15.5. The molecule has 26 heavy (non-hydrogen) atoms. The maximum Gasteiger partial charge on any atom is 0.255 e. The predicted octanol–water partition coefficient (Wildman–Crippen LogP) is 3.07. The van der Waals surface area contributed by atoms with E-state index in [4.69, 9.17) is 22.1 Å². The highest BCUT2D eigenvalue weighted by Gasteiger charge is 2.40. The SMILES string of the molecule is CC#CC(C)Oc1cc(N)c(Cl)cc1C(=O)NC1CCC2CCC1N2C. The third kappa shape index (κ3) is 3.77. The number of piperidine rings is 1. The molecule has 2 bridgehead atoms. The van der Waals surface area contributed by atoms with Gasteiger partial charge in [-0.1, -0.05) is 17.5 Å². The number of fused-ring (bicyclic) bond motifs is 2. The molecule has 3 rings (SSSR count). The van der Waals surface area contributed by atoms with Crippen molar-refractivity contribution in [1.82, 2.24) is 10.2 Å². The third-order valence-corrected chi connectivity index (χ3v) is 5.81. The number of nitrogens with two attached hydrogens (primary N) is 1. The minimum atomic E-state index is -0.344. The number of carbonyl (C=O) groups excluding carboxylic acids is 1. The Labute approximate surface area is 160 Å². The van der Waals surface area contributed by atoms with E-state index in [0.717, 1.165) is 19.3 Å². The molecule has 0 aliphatic carbocycles. The largest absolute Gasteiger partial charge is 0.477 e. The first-order valence-electron chi connectivity index (χ1n) is 9.11. The summed E-state index contributed by atoms with van der Waals surface area (Å²) in [5.74, 6) is 5.96. The third-order valence-electron chi connectivity index (χ3n) is 5.48. The van der Waals surface area contributed by atoms with Gasteiger partial charge in [0.15, 0.2) is 6.10 Å². The van der Waals surface area contributed by atoms with Gasteiger partial charge >= 0.3 is 0 Å². The molecule has 0 radical (unpaired) electrons. The first-order valence-corrected chi connectivity index (χ1v) is 9.49. The van der Waals surface area contributed by atoms with Crippen molar-refractivity contribution in [2.24, 2.45) is 0 Å². The Morgan fingerprint density at radius 1 is 1.38 bits per heavy atom. The molecular formula is C20H26ClN3O2. The number of likely N-dealkylation sites (N-methyl/N-ethyl adjacent to an activating group) is 1. The zero-order chi connectivity index (χ0) is 18.8. The van der Waals surface area contributed by atoms with Gasteiger partial charge < -0.3 is 15.8 Å². The number of benzene rings is 1. The lowest BCUT2D eigenvalue weighted by Gasteiger charge is -2.37. The maximum atomic E-state index is 13.0. The van der Waals surface area contributed by atoms with Gasteiger partial charge in [-0.2, -0.15) is 0 Å². The molecule has 1 aromatic carbocycles. The van der Waals surface area contributed by atoms with Crippen molar-refractivity contribution in [2.75, 3.05) is 12.8 Å². The average molecular weight is 376 g/mol. The number of amides is 1. The molecule has 2 heterocycles. The topological polar surface area (TPSA) is 67.6 Å². The Kier molecular flexibility index (Phi) is 5.64. The van der Waals surface area contributed by atoms with Crippen LogP contribution < -0.4 is 15.8 Å². The molecule has 2 saturated heterocycles. The van der Waals surface area contributed by atoms with Gasteiger partial charge in [0.1, 0.15) is 5.75 Å². The van der Waals surface area contributed by atoms with Crippen molar-refractivity contribution in [2.45, 2.75) is 63.8 Å². The smallest absolute Gasteiger partial charge is 0.255 e. The highest BCUT2D eigenvalue weighted by Crippen LogP contribution is 2.35. The van der Waals surface area contributed by atoms with Crippen LogP contribution in [0.1, 0.15) is 49.9 Å². The molecule has 4 atom stereocenters. The zero-order valence-corrected chi connectivity index (χ0v) is 16.3. The molecule has 2 aliphatic heterocycles. The molecule has 3 N–H and O–H groups in total. The molecular weight excluding hydrogens is 350 g/mol. The van der Waals surface area contributed by atoms with E-state index in [-0.39, 0.29) is 18.1 Å². The van der Waals surface area contributed by atoms with Crippen LogP contribution in [0.25, 0.3) is 0 Å². The molecule has 4 unspecified atom stereocenters. The van der Waals surface area contributed by atoms with E-state index in [1.165, 1.54) is 6.42 Å². The fourth-order valence-corrected chi connectivity index (χ4v) is 4.28. The summed E-state index contributed by atoms with van der Waals surface area (Å²) in [5, 5.41) is 3.54. The van der Waals surface area contributed by atoms with Gasteiger partial charge in [0.05, 0.1) is 16.3 Å². The molecule has 2 aliphatic rings. The second-order valence-electron chi connectivity index (χ2n) is 7.15. The van der Waals surface area contributed by atoms with Crippen molar-refractivity contribution in [1.29, 1.82) is 0 Å². The van der Waals surface area contributed by atoms with Crippen molar-refractivity contribution < 1.29 is 9.53 Å². The summed E-state index contributed by atoms with van der Waals surface area (Å²) in [6.07, 6.45) is 4.11. The van der Waals surface area contributed by atoms with Gasteiger partial charge in [-0.25, -0.2) is 0 Å². The molecule has 0 spiro atoms. The second-order valence-corrected chi connectivity index (χ2v) is 7.55. The molecule has 140 valence electrons. The van der Waals surface area contributed by atoms with Gasteiger partial charge in [0, 0.05) is 24.2 Å². The van der Waals surface area contributed by atoms with E-state index in [9.17, 15) is 4.79 Å². The lowest BCUT2D eigenvalue weighted by molar-refractivity contribution is 0.0851. The second kappa shape index (κ2) is 7.77. The summed E-state index contributed by atoms with van der Waals surface area (Å²) < 4.78 is 5.83. The number of ether oxygens (including phenoxy) is 1. The number of carbonyl (C=O) groups is 1. The molecule has 0 aromatic heterocycles. The summed E-state index contributed by atoms with van der Waals surface area (Å²) in [5.41, 5.74) is 6.68. The summed E-state index contributed by atoms with van der Waals surface area (Å²) in [7, 11) is 2.15. The Morgan fingerprint density at radius 2 is 2.12 bits per heavy atom. The number of nitrogen functional groups attached to an aromatic ring is 1. The van der Waals surface area contributed by atoms with Crippen LogP contribution in [0.4, 0.5) is 5.69 Å². The fraction of sp³-hybridized carbons (Fsp3) is 0.550. The van der Waals surface area contributed by atoms with Crippen LogP contribution in [0, 0.1) is 11.8 Å². The molecule has 1 amide bonds. The van der Waals surface area contributed by atoms with E-state index in [2.05, 4.69) is 29.1 Å². The average Bonchev–Trinajstić information content (AvgIpc) is 2.82. The van der Waals surface area contributed by atoms with Crippen molar-refractivity contribution >= 4 is 23.2 Å². The molecule has 1 aromatic rings. The number of anilines is 1. The lowest BCUT2D eigenvalue weighted by atomic mass is 9.97. The lowest BCUT2D eigenvalue weighted by Crippen LogP contribution is -2.52. The Bertz CT molecular complexity index is 755. The number of halogens is 1. The minimum absolute atomic E-state index is 0.142. The van der Waals surface area contributed by atoms with Crippen LogP contribution in [-0.2, 0) is 0 Å². The van der Waals surface area contributed by atoms with Crippen molar-refractivity contribution in [3.63, 3.8) is 0 Å². The van der Waals surface area contributed by atoms with Crippen LogP contribution >= 0.6 is 11.6 Å². The van der Waals surface area contributed by atoms with Gasteiger partial charge in [-0.3, -0.25) is 9.69 Å². The Hall–Kier alpha value is -1.90. The number of rotatable bonds is 4. The van der Waals surface area contributed by atoms with Gasteiger partial charge in [0.25, 0.3) is 5.91 Å². The predicted molar refractivity (Wildman–Crippen MR) is 104 cm³/mol. The monoisotopic (exact) mass is 375 g/mol. The Morgan fingerprint density at radius 3 is 2.85 bits per heavy atom. The van der Waals surface area contributed by atoms with E-state index < -0.39 is 0 Å². The summed E-state index contributed by atoms with van der Waals surface area (Å²) in [4.78, 5) is 15.4. The molecule has 5 nitrogen and oxygen atoms in total. The van der Waals surface area contributed by atoms with Crippen molar-refractivity contribution in [3.05, 3.63) is 22.7 Å². The first kappa shape index (κ1) is 18.9. The molecule has 0 saturated carbocycles. The molecule has 6 heteroatoms. The highest BCUT2D eigenvalue weighted by atomic mass is 35.5. The summed E-state index contributed by atoms with van der Waals surface area (Å²) >= 11 is 6.16. The Balaban J connectivity index is 1.81. The number of nitrogens with one attached hydrogen (secondary N) is 1. The van der Waals surface area contributed by atoms with Crippen LogP contribution in [0.2, 0.25) is 5.02 Å². The maximum absolute atomic E-state index is 13.0.